The maximum absolute atomic E-state index is 13.4. The number of nitrogens with one attached hydrogen (secondary N) is 2. The number of likely N-dealkylation sites (N-methyl/N-ethyl adjacent to an activating group) is 1. The van der Waals surface area contributed by atoms with Gasteiger partial charge >= 0.3 is 0 Å². The minimum absolute atomic E-state index is 0.0220. The molecule has 0 aliphatic carbocycles. The molecule has 0 aromatic heterocycles. The van der Waals surface area contributed by atoms with E-state index < -0.39 is 6.04 Å². The molecule has 0 radical (unpaired) electrons. The summed E-state index contributed by atoms with van der Waals surface area (Å²) in [5.41, 5.74) is 1.13. The normalized spacial score (nSPS) is 23.3. The summed E-state index contributed by atoms with van der Waals surface area (Å²) in [6, 6.07) is 7.50. The molecular weight excluding hydrogens is 388 g/mol. The Labute approximate surface area is 188 Å². The Balaban J connectivity index is 2.33. The highest BCUT2D eigenvalue weighted by Crippen LogP contribution is 2.28. The zero-order chi connectivity index (χ0) is 22.8. The van der Waals surface area contributed by atoms with Crippen LogP contribution in [0.5, 0.6) is 5.75 Å². The summed E-state index contributed by atoms with van der Waals surface area (Å²) in [5.74, 6) is 1.46. The number of ether oxygens (including phenoxy) is 1. The van der Waals surface area contributed by atoms with Gasteiger partial charge in [0, 0.05) is 13.0 Å². The predicted molar refractivity (Wildman–Crippen MR) is 126 cm³/mol. The first kappa shape index (κ1) is 25.0. The standard InChI is InChI=1S/C26H40N2O3/c1-18(2)8-12-21-7-6-16-31-22-13-9-20(10-14-22)11-15-24(26(30)27-5)28-25(29)23(21)17-19(3)4/h8-10,12-14,18-19,21,23-24H,6-7,11,15-17H2,1-5H3,(H,27,30)(H,28,29)/b12-8+/t21-,23-,24+/m1/s1. The van der Waals surface area contributed by atoms with Crippen molar-refractivity contribution in [3.63, 3.8) is 0 Å². The average Bonchev–Trinajstić information content (AvgIpc) is 2.74. The molecule has 2 heterocycles. The van der Waals surface area contributed by atoms with Gasteiger partial charge in [-0.15, -0.1) is 0 Å². The van der Waals surface area contributed by atoms with Crippen LogP contribution in [0.1, 0.15) is 58.9 Å². The molecule has 2 aliphatic heterocycles. The summed E-state index contributed by atoms with van der Waals surface area (Å²) in [7, 11) is 1.62. The van der Waals surface area contributed by atoms with Crippen LogP contribution >= 0.6 is 0 Å². The number of allylic oxidation sites excluding steroid dienone is 2. The Morgan fingerprint density at radius 1 is 1.19 bits per heavy atom. The van der Waals surface area contributed by atoms with Crippen LogP contribution < -0.4 is 15.4 Å². The average molecular weight is 429 g/mol. The fraction of sp³-hybridized carbons (Fsp3) is 0.615. The molecule has 2 bridgehead atoms. The van der Waals surface area contributed by atoms with Crippen LogP contribution in [0.4, 0.5) is 0 Å². The van der Waals surface area contributed by atoms with Gasteiger partial charge < -0.3 is 15.4 Å². The maximum Gasteiger partial charge on any atom is 0.242 e. The molecule has 0 unspecified atom stereocenters. The van der Waals surface area contributed by atoms with Crippen LogP contribution in [0.15, 0.2) is 36.4 Å². The molecule has 2 aliphatic rings. The van der Waals surface area contributed by atoms with Gasteiger partial charge in [-0.05, 0) is 67.6 Å². The van der Waals surface area contributed by atoms with Crippen LogP contribution in [-0.4, -0.2) is 31.5 Å². The second kappa shape index (κ2) is 12.5. The predicted octanol–water partition coefficient (Wildman–Crippen LogP) is 4.51. The maximum atomic E-state index is 13.4. The zero-order valence-corrected chi connectivity index (χ0v) is 19.8. The van der Waals surface area contributed by atoms with E-state index in [0.717, 1.165) is 30.6 Å². The molecular formula is C26H40N2O3. The number of amides is 2. The van der Waals surface area contributed by atoms with Gasteiger partial charge in [0.15, 0.2) is 0 Å². The molecule has 1 aromatic carbocycles. The number of aryl methyl sites for hydroxylation is 1. The summed E-state index contributed by atoms with van der Waals surface area (Å²) in [6.07, 6.45) is 8.20. The van der Waals surface area contributed by atoms with E-state index in [1.165, 1.54) is 0 Å². The molecule has 31 heavy (non-hydrogen) atoms. The number of benzene rings is 1. The highest BCUT2D eigenvalue weighted by molar-refractivity contribution is 5.88. The number of hydrogen-bond acceptors (Lipinski definition) is 3. The first-order valence-corrected chi connectivity index (χ1v) is 11.7. The van der Waals surface area contributed by atoms with E-state index in [-0.39, 0.29) is 23.7 Å². The van der Waals surface area contributed by atoms with E-state index in [9.17, 15) is 9.59 Å². The lowest BCUT2D eigenvalue weighted by molar-refractivity contribution is -0.132. The highest BCUT2D eigenvalue weighted by atomic mass is 16.5. The van der Waals surface area contributed by atoms with Crippen molar-refractivity contribution in [1.82, 2.24) is 10.6 Å². The summed E-state index contributed by atoms with van der Waals surface area (Å²) >= 11 is 0. The van der Waals surface area contributed by atoms with Crippen LogP contribution in [0.3, 0.4) is 0 Å². The van der Waals surface area contributed by atoms with Crippen LogP contribution in [0.25, 0.3) is 0 Å². The first-order chi connectivity index (χ1) is 14.8. The van der Waals surface area contributed by atoms with Crippen LogP contribution in [0, 0.1) is 23.7 Å². The second-order valence-corrected chi connectivity index (χ2v) is 9.38. The lowest BCUT2D eigenvalue weighted by Crippen LogP contribution is -2.49. The molecule has 0 saturated heterocycles. The number of carbonyl (C=O) groups excluding carboxylic acids is 2. The van der Waals surface area contributed by atoms with Crippen molar-refractivity contribution in [2.24, 2.45) is 23.7 Å². The van der Waals surface area contributed by atoms with Gasteiger partial charge in [-0.3, -0.25) is 9.59 Å². The number of rotatable bonds is 5. The van der Waals surface area contributed by atoms with Crippen molar-refractivity contribution in [2.45, 2.75) is 65.8 Å². The Kier molecular flexibility index (Phi) is 10.1. The number of hydrogen-bond donors (Lipinski definition) is 2. The van der Waals surface area contributed by atoms with Crippen molar-refractivity contribution in [1.29, 1.82) is 0 Å². The van der Waals surface area contributed by atoms with E-state index in [2.05, 4.69) is 50.5 Å². The lowest BCUT2D eigenvalue weighted by Gasteiger charge is -2.28. The van der Waals surface area contributed by atoms with E-state index in [0.29, 0.717) is 31.3 Å². The zero-order valence-electron chi connectivity index (χ0n) is 19.8. The second-order valence-electron chi connectivity index (χ2n) is 9.38. The molecule has 1 aromatic rings. The Bertz CT molecular complexity index is 725. The molecule has 2 N–H and O–H groups in total. The van der Waals surface area contributed by atoms with Gasteiger partial charge in [-0.25, -0.2) is 0 Å². The van der Waals surface area contributed by atoms with Crippen molar-refractivity contribution in [2.75, 3.05) is 13.7 Å². The molecule has 172 valence electrons. The monoisotopic (exact) mass is 428 g/mol. The van der Waals surface area contributed by atoms with Crippen molar-refractivity contribution in [3.05, 3.63) is 42.0 Å². The third-order valence-electron chi connectivity index (χ3n) is 5.80. The smallest absolute Gasteiger partial charge is 0.242 e. The van der Waals surface area contributed by atoms with Gasteiger partial charge in [0.05, 0.1) is 6.61 Å². The third-order valence-corrected chi connectivity index (χ3v) is 5.80. The third kappa shape index (κ3) is 8.39. The summed E-state index contributed by atoms with van der Waals surface area (Å²) < 4.78 is 5.94. The molecule has 2 amide bonds. The molecule has 3 atom stereocenters. The fourth-order valence-corrected chi connectivity index (χ4v) is 4.07. The molecule has 5 heteroatoms. The van der Waals surface area contributed by atoms with E-state index in [4.69, 9.17) is 4.74 Å². The van der Waals surface area contributed by atoms with E-state index in [1.807, 2.05) is 24.3 Å². The molecule has 3 rings (SSSR count). The highest BCUT2D eigenvalue weighted by Gasteiger charge is 2.30. The van der Waals surface area contributed by atoms with Crippen molar-refractivity contribution in [3.8, 4) is 5.75 Å². The Hall–Kier alpha value is -2.30. The number of carbonyl (C=O) groups is 2. The molecule has 5 nitrogen and oxygen atoms in total. The van der Waals surface area contributed by atoms with Gasteiger partial charge in [-0.1, -0.05) is 52.0 Å². The Morgan fingerprint density at radius 2 is 1.90 bits per heavy atom. The fourth-order valence-electron chi connectivity index (χ4n) is 4.07. The van der Waals surface area contributed by atoms with E-state index >= 15 is 0 Å². The summed E-state index contributed by atoms with van der Waals surface area (Å²) in [4.78, 5) is 26.0. The quantitative estimate of drug-likeness (QED) is 0.678. The SMILES string of the molecule is CNC(=O)[C@@H]1CCc2ccc(cc2)OCCC[C@H](/C=C/C(C)C)[C@@H](CC(C)C)C(=O)N1. The van der Waals surface area contributed by atoms with Gasteiger partial charge in [0.25, 0.3) is 0 Å². The molecule has 0 spiro atoms. The molecule has 0 fully saturated rings. The Morgan fingerprint density at radius 3 is 2.52 bits per heavy atom. The number of fused-ring (bicyclic) bond motifs is 12. The van der Waals surface area contributed by atoms with Crippen LogP contribution in [-0.2, 0) is 16.0 Å². The minimum Gasteiger partial charge on any atom is -0.494 e. The first-order valence-electron chi connectivity index (χ1n) is 11.7. The van der Waals surface area contributed by atoms with Crippen molar-refractivity contribution < 1.29 is 14.3 Å². The molecule has 0 saturated carbocycles. The van der Waals surface area contributed by atoms with Crippen molar-refractivity contribution >= 4 is 11.8 Å². The lowest BCUT2D eigenvalue weighted by atomic mass is 9.81. The van der Waals surface area contributed by atoms with Gasteiger partial charge in [0.1, 0.15) is 11.8 Å². The minimum atomic E-state index is -0.539. The van der Waals surface area contributed by atoms with E-state index in [1.54, 1.807) is 7.05 Å². The van der Waals surface area contributed by atoms with Crippen LogP contribution in [0.2, 0.25) is 0 Å². The van der Waals surface area contributed by atoms with Gasteiger partial charge in [0.2, 0.25) is 11.8 Å². The summed E-state index contributed by atoms with van der Waals surface area (Å²) in [6.45, 7) is 9.22. The van der Waals surface area contributed by atoms with Gasteiger partial charge in [-0.2, -0.15) is 0 Å². The summed E-state index contributed by atoms with van der Waals surface area (Å²) in [5, 5.41) is 5.80. The topological polar surface area (TPSA) is 67.4 Å². The largest absolute Gasteiger partial charge is 0.494 e.